The number of hydrogen-bond acceptors (Lipinski definition) is 4. The second-order valence-electron chi connectivity index (χ2n) is 5.95. The molecule has 0 aliphatic carbocycles. The molecule has 27 heavy (non-hydrogen) atoms. The summed E-state index contributed by atoms with van der Waals surface area (Å²) in [6, 6.07) is 12.0. The second kappa shape index (κ2) is 7.82. The Morgan fingerprint density at radius 2 is 1.70 bits per heavy atom. The first kappa shape index (κ1) is 18.3. The van der Waals surface area contributed by atoms with Crippen LogP contribution in [0.25, 0.3) is 11.0 Å². The normalized spacial score (nSPS) is 10.6. The van der Waals surface area contributed by atoms with E-state index in [0.29, 0.717) is 16.5 Å². The van der Waals surface area contributed by atoms with Gasteiger partial charge in [0.2, 0.25) is 0 Å². The molecule has 1 heterocycles. The van der Waals surface area contributed by atoms with Crippen molar-refractivity contribution in [1.29, 1.82) is 0 Å². The van der Waals surface area contributed by atoms with Crippen molar-refractivity contribution in [3.8, 4) is 0 Å². The van der Waals surface area contributed by atoms with Gasteiger partial charge in [0.25, 0.3) is 11.8 Å². The molecule has 0 saturated carbocycles. The minimum atomic E-state index is -0.562. The Balaban J connectivity index is 1.56. The molecule has 7 heteroatoms. The van der Waals surface area contributed by atoms with Gasteiger partial charge in [-0.15, -0.1) is 0 Å². The zero-order valence-electron chi connectivity index (χ0n) is 14.5. The Bertz CT molecular complexity index is 1080. The SMILES string of the molecule is Cc1ccc(C(=O)NCCNC(=O)c2cc(=O)c3ccccc3o2)cc1F. The van der Waals surface area contributed by atoms with Gasteiger partial charge >= 0.3 is 0 Å². The number of carbonyl (C=O) groups excluding carboxylic acids is 2. The number of fused-ring (bicyclic) bond motifs is 1. The van der Waals surface area contributed by atoms with Crippen LogP contribution in [0, 0.1) is 12.7 Å². The lowest BCUT2D eigenvalue weighted by Crippen LogP contribution is -2.35. The number of rotatable bonds is 5. The highest BCUT2D eigenvalue weighted by molar-refractivity contribution is 5.94. The van der Waals surface area contributed by atoms with Crippen molar-refractivity contribution in [3.05, 3.63) is 81.5 Å². The van der Waals surface area contributed by atoms with Crippen LogP contribution in [0.1, 0.15) is 26.5 Å². The Kier molecular flexibility index (Phi) is 5.30. The first-order valence-electron chi connectivity index (χ1n) is 8.31. The molecule has 2 aromatic carbocycles. The van der Waals surface area contributed by atoms with Crippen LogP contribution in [0.4, 0.5) is 4.39 Å². The Morgan fingerprint density at radius 1 is 1.00 bits per heavy atom. The summed E-state index contributed by atoms with van der Waals surface area (Å²) in [5.74, 6) is -1.57. The molecule has 0 fully saturated rings. The number of nitrogens with one attached hydrogen (secondary N) is 2. The standard InChI is InChI=1S/C20H17FN2O4/c1-12-6-7-13(10-15(12)21)19(25)22-8-9-23-20(26)18-11-16(24)14-4-2-3-5-17(14)27-18/h2-7,10-11H,8-9H2,1H3,(H,22,25)(H,23,26). The highest BCUT2D eigenvalue weighted by Gasteiger charge is 2.12. The van der Waals surface area contributed by atoms with Crippen molar-refractivity contribution in [2.45, 2.75) is 6.92 Å². The van der Waals surface area contributed by atoms with Gasteiger partial charge in [-0.1, -0.05) is 18.2 Å². The summed E-state index contributed by atoms with van der Waals surface area (Å²) < 4.78 is 18.9. The lowest BCUT2D eigenvalue weighted by molar-refractivity contribution is 0.0911. The third-order valence-corrected chi connectivity index (χ3v) is 3.99. The Morgan fingerprint density at radius 3 is 2.44 bits per heavy atom. The summed E-state index contributed by atoms with van der Waals surface area (Å²) in [6.07, 6.45) is 0. The fourth-order valence-electron chi connectivity index (χ4n) is 2.49. The molecule has 0 aliphatic heterocycles. The van der Waals surface area contributed by atoms with Gasteiger partial charge in [0.05, 0.1) is 5.39 Å². The summed E-state index contributed by atoms with van der Waals surface area (Å²) >= 11 is 0. The van der Waals surface area contributed by atoms with E-state index in [1.807, 2.05) is 0 Å². The highest BCUT2D eigenvalue weighted by Crippen LogP contribution is 2.11. The van der Waals surface area contributed by atoms with Crippen molar-refractivity contribution in [3.63, 3.8) is 0 Å². The summed E-state index contributed by atoms with van der Waals surface area (Å²) in [4.78, 5) is 36.1. The summed E-state index contributed by atoms with van der Waals surface area (Å²) in [5, 5.41) is 5.53. The van der Waals surface area contributed by atoms with Crippen molar-refractivity contribution >= 4 is 22.8 Å². The predicted molar refractivity (Wildman–Crippen MR) is 98.3 cm³/mol. The van der Waals surface area contributed by atoms with Gasteiger partial charge in [0, 0.05) is 24.7 Å². The molecule has 2 amide bonds. The second-order valence-corrected chi connectivity index (χ2v) is 5.95. The average Bonchev–Trinajstić information content (AvgIpc) is 2.67. The molecule has 2 N–H and O–H groups in total. The van der Waals surface area contributed by atoms with Crippen LogP contribution in [-0.2, 0) is 0 Å². The highest BCUT2D eigenvalue weighted by atomic mass is 19.1. The smallest absolute Gasteiger partial charge is 0.287 e. The number of halogens is 1. The van der Waals surface area contributed by atoms with Gasteiger partial charge in [-0.2, -0.15) is 0 Å². The molecule has 0 unspecified atom stereocenters. The van der Waals surface area contributed by atoms with Crippen LogP contribution in [0.2, 0.25) is 0 Å². The quantitative estimate of drug-likeness (QED) is 0.677. The predicted octanol–water partition coefficient (Wildman–Crippen LogP) is 2.40. The number of benzene rings is 2. The lowest BCUT2D eigenvalue weighted by atomic mass is 10.1. The van der Waals surface area contributed by atoms with E-state index in [4.69, 9.17) is 4.42 Å². The minimum absolute atomic E-state index is 0.106. The third kappa shape index (κ3) is 4.20. The molecule has 0 aliphatic rings. The zero-order valence-corrected chi connectivity index (χ0v) is 14.5. The summed E-state index contributed by atoms with van der Waals surface area (Å²) in [7, 11) is 0. The van der Waals surface area contributed by atoms with Gasteiger partial charge in [-0.25, -0.2) is 4.39 Å². The summed E-state index contributed by atoms with van der Waals surface area (Å²) in [6.45, 7) is 1.87. The third-order valence-electron chi connectivity index (χ3n) is 3.99. The first-order valence-corrected chi connectivity index (χ1v) is 8.31. The molecule has 3 aromatic rings. The maximum atomic E-state index is 13.5. The van der Waals surface area contributed by atoms with Crippen LogP contribution >= 0.6 is 0 Å². The van der Waals surface area contributed by atoms with Crippen molar-refractivity contribution < 1.29 is 18.4 Å². The average molecular weight is 368 g/mol. The van der Waals surface area contributed by atoms with Crippen molar-refractivity contribution in [2.24, 2.45) is 0 Å². The van der Waals surface area contributed by atoms with E-state index >= 15 is 0 Å². The molecular formula is C20H17FN2O4. The zero-order chi connectivity index (χ0) is 19.4. The van der Waals surface area contributed by atoms with Crippen LogP contribution < -0.4 is 16.1 Å². The van der Waals surface area contributed by atoms with Gasteiger partial charge in [0.1, 0.15) is 11.4 Å². The van der Waals surface area contributed by atoms with E-state index in [1.165, 1.54) is 12.1 Å². The molecule has 0 spiro atoms. The monoisotopic (exact) mass is 368 g/mol. The van der Waals surface area contributed by atoms with Gasteiger partial charge < -0.3 is 15.1 Å². The Hall–Kier alpha value is -3.48. The van der Waals surface area contributed by atoms with E-state index in [0.717, 1.165) is 12.1 Å². The molecule has 0 saturated heterocycles. The molecule has 0 atom stereocenters. The van der Waals surface area contributed by atoms with E-state index in [1.54, 1.807) is 31.2 Å². The molecule has 3 rings (SSSR count). The summed E-state index contributed by atoms with van der Waals surface area (Å²) in [5.41, 5.74) is 0.669. The number of hydrogen-bond donors (Lipinski definition) is 2. The van der Waals surface area contributed by atoms with E-state index in [2.05, 4.69) is 10.6 Å². The Labute approximate surface area is 154 Å². The molecular weight excluding hydrogens is 351 g/mol. The van der Waals surface area contributed by atoms with Crippen molar-refractivity contribution in [2.75, 3.05) is 13.1 Å². The number of aryl methyl sites for hydroxylation is 1. The molecule has 0 radical (unpaired) electrons. The van der Waals surface area contributed by atoms with Gasteiger partial charge in [-0.3, -0.25) is 14.4 Å². The maximum absolute atomic E-state index is 13.5. The largest absolute Gasteiger partial charge is 0.451 e. The van der Waals surface area contributed by atoms with Crippen LogP contribution in [-0.4, -0.2) is 24.9 Å². The fraction of sp³-hybridized carbons (Fsp3) is 0.150. The number of amides is 2. The van der Waals surface area contributed by atoms with Gasteiger partial charge in [0.15, 0.2) is 11.2 Å². The van der Waals surface area contributed by atoms with Crippen LogP contribution in [0.5, 0.6) is 0 Å². The van der Waals surface area contributed by atoms with Gasteiger partial charge in [-0.05, 0) is 36.8 Å². The van der Waals surface area contributed by atoms with Crippen LogP contribution in [0.3, 0.4) is 0 Å². The molecule has 138 valence electrons. The molecule has 0 bridgehead atoms. The first-order chi connectivity index (χ1) is 13.0. The van der Waals surface area contributed by atoms with E-state index < -0.39 is 17.6 Å². The van der Waals surface area contributed by atoms with Crippen LogP contribution in [0.15, 0.2) is 57.7 Å². The lowest BCUT2D eigenvalue weighted by Gasteiger charge is -2.08. The van der Waals surface area contributed by atoms with Crippen molar-refractivity contribution in [1.82, 2.24) is 10.6 Å². The topological polar surface area (TPSA) is 88.4 Å². The minimum Gasteiger partial charge on any atom is -0.451 e. The number of carbonyl (C=O) groups is 2. The fourth-order valence-corrected chi connectivity index (χ4v) is 2.49. The molecule has 6 nitrogen and oxygen atoms in total. The number of para-hydroxylation sites is 1. The maximum Gasteiger partial charge on any atom is 0.287 e. The molecule has 1 aromatic heterocycles. The van der Waals surface area contributed by atoms with E-state index in [-0.39, 0.29) is 29.8 Å². The van der Waals surface area contributed by atoms with E-state index in [9.17, 15) is 18.8 Å².